The lowest BCUT2D eigenvalue weighted by molar-refractivity contribution is -0.229. The first-order valence-electron chi connectivity index (χ1n) is 5.22. The first-order valence-corrected chi connectivity index (χ1v) is 5.22. The lowest BCUT2D eigenvalue weighted by Gasteiger charge is -2.72. The van der Waals surface area contributed by atoms with Crippen LogP contribution in [-0.2, 0) is 0 Å². The first kappa shape index (κ1) is 6.51. The van der Waals surface area contributed by atoms with E-state index in [1.807, 2.05) is 0 Å². The molecular weight excluding hydrogens is 132 g/mol. The molecule has 5 atom stereocenters. The lowest BCUT2D eigenvalue weighted by Crippen LogP contribution is -2.64. The molecule has 1 spiro atoms. The van der Waals surface area contributed by atoms with Gasteiger partial charge in [-0.3, -0.25) is 0 Å². The van der Waals surface area contributed by atoms with Crippen LogP contribution in [0.15, 0.2) is 0 Å². The van der Waals surface area contributed by atoms with Gasteiger partial charge in [-0.2, -0.15) is 0 Å². The van der Waals surface area contributed by atoms with Crippen LogP contribution in [0, 0.1) is 29.1 Å². The van der Waals surface area contributed by atoms with Crippen LogP contribution in [-0.4, -0.2) is 0 Å². The van der Waals surface area contributed by atoms with Gasteiger partial charge in [0, 0.05) is 0 Å². The summed E-state index contributed by atoms with van der Waals surface area (Å²) in [4.78, 5) is 0. The molecule has 0 aliphatic heterocycles. The van der Waals surface area contributed by atoms with E-state index in [0.717, 1.165) is 23.2 Å². The molecule has 62 valence electrons. The van der Waals surface area contributed by atoms with Crippen molar-refractivity contribution in [3.63, 3.8) is 0 Å². The minimum absolute atomic E-state index is 0.891. The van der Waals surface area contributed by atoms with Crippen molar-refractivity contribution in [2.45, 2.75) is 39.5 Å². The zero-order chi connectivity index (χ0) is 7.64. The van der Waals surface area contributed by atoms with E-state index in [4.69, 9.17) is 0 Å². The van der Waals surface area contributed by atoms with E-state index in [9.17, 15) is 0 Å². The predicted octanol–water partition coefficient (Wildman–Crippen LogP) is 3.08. The van der Waals surface area contributed by atoms with Gasteiger partial charge in [0.25, 0.3) is 0 Å². The molecule has 4 fully saturated rings. The fraction of sp³-hybridized carbons (Fsp3) is 1.00. The number of hydrogen-bond acceptors (Lipinski definition) is 0. The van der Waals surface area contributed by atoms with Crippen molar-refractivity contribution in [3.8, 4) is 0 Å². The van der Waals surface area contributed by atoms with Gasteiger partial charge in [-0.1, -0.05) is 13.8 Å². The highest BCUT2D eigenvalue weighted by Gasteiger charge is 2.65. The monoisotopic (exact) mass is 150 g/mol. The number of rotatable bonds is 0. The van der Waals surface area contributed by atoms with Gasteiger partial charge in [-0.15, -0.1) is 0 Å². The molecule has 0 aromatic carbocycles. The van der Waals surface area contributed by atoms with Crippen LogP contribution in [0.5, 0.6) is 0 Å². The average Bonchev–Trinajstić information content (AvgIpc) is 1.99. The Kier molecular flexibility index (Phi) is 0.990. The van der Waals surface area contributed by atoms with E-state index in [0.29, 0.717) is 0 Å². The van der Waals surface area contributed by atoms with Gasteiger partial charge in [0.15, 0.2) is 0 Å². The zero-order valence-corrected chi connectivity index (χ0v) is 7.64. The molecule has 0 amide bonds. The van der Waals surface area contributed by atoms with Crippen molar-refractivity contribution in [2.75, 3.05) is 0 Å². The molecule has 0 heterocycles. The molecule has 4 saturated carbocycles. The fourth-order valence-corrected chi connectivity index (χ4v) is 4.47. The molecule has 4 aliphatic rings. The zero-order valence-electron chi connectivity index (χ0n) is 7.64. The summed E-state index contributed by atoms with van der Waals surface area (Å²) >= 11 is 0. The molecule has 4 rings (SSSR count). The third-order valence-electron chi connectivity index (χ3n) is 4.97. The summed E-state index contributed by atoms with van der Waals surface area (Å²) in [6, 6.07) is 0. The van der Waals surface area contributed by atoms with Crippen LogP contribution in [0.3, 0.4) is 0 Å². The second-order valence-electron chi connectivity index (χ2n) is 5.49. The van der Waals surface area contributed by atoms with Crippen molar-refractivity contribution < 1.29 is 0 Å². The predicted molar refractivity (Wildman–Crippen MR) is 46.2 cm³/mol. The highest BCUT2D eigenvalue weighted by molar-refractivity contribution is 5.15. The molecule has 11 heavy (non-hydrogen) atoms. The SMILES string of the molecule is CC1CC2CC3(C1)C(C)CC23. The maximum absolute atomic E-state index is 2.48. The summed E-state index contributed by atoms with van der Waals surface area (Å²) in [6.45, 7) is 4.93. The first-order chi connectivity index (χ1) is 5.22. The van der Waals surface area contributed by atoms with Crippen LogP contribution in [0.4, 0.5) is 0 Å². The third kappa shape index (κ3) is 0.554. The smallest absolute Gasteiger partial charge is 0.0235 e. The molecule has 2 bridgehead atoms. The maximum Gasteiger partial charge on any atom is -0.0235 e. The molecule has 0 radical (unpaired) electrons. The minimum atomic E-state index is 0.891. The molecule has 4 aliphatic carbocycles. The van der Waals surface area contributed by atoms with Crippen LogP contribution in [0.25, 0.3) is 0 Å². The van der Waals surface area contributed by atoms with Gasteiger partial charge < -0.3 is 0 Å². The van der Waals surface area contributed by atoms with Gasteiger partial charge in [0.1, 0.15) is 0 Å². The highest BCUT2D eigenvalue weighted by atomic mass is 14.7. The summed E-state index contributed by atoms with van der Waals surface area (Å²) in [5.74, 6) is 4.47. The maximum atomic E-state index is 2.48. The Morgan fingerprint density at radius 1 is 1.09 bits per heavy atom. The normalized spacial score (nSPS) is 66.0. The van der Waals surface area contributed by atoms with Crippen molar-refractivity contribution in [1.82, 2.24) is 0 Å². The van der Waals surface area contributed by atoms with E-state index in [2.05, 4.69) is 13.8 Å². The molecular formula is C11H18. The second-order valence-corrected chi connectivity index (χ2v) is 5.49. The Bertz CT molecular complexity index is 196. The molecule has 0 N–H and O–H groups in total. The van der Waals surface area contributed by atoms with Gasteiger partial charge >= 0.3 is 0 Å². The molecule has 0 aromatic heterocycles. The van der Waals surface area contributed by atoms with E-state index in [-0.39, 0.29) is 0 Å². The van der Waals surface area contributed by atoms with E-state index in [1.165, 1.54) is 5.92 Å². The minimum Gasteiger partial charge on any atom is -0.0625 e. The van der Waals surface area contributed by atoms with Gasteiger partial charge in [-0.25, -0.2) is 0 Å². The Balaban J connectivity index is 1.87. The van der Waals surface area contributed by atoms with Crippen LogP contribution >= 0.6 is 0 Å². The second kappa shape index (κ2) is 1.67. The number of fused-ring (bicyclic) bond motifs is 2. The Morgan fingerprint density at radius 3 is 2.45 bits per heavy atom. The van der Waals surface area contributed by atoms with E-state index in [1.54, 1.807) is 25.7 Å². The van der Waals surface area contributed by atoms with Crippen molar-refractivity contribution >= 4 is 0 Å². The fourth-order valence-electron chi connectivity index (χ4n) is 4.47. The Hall–Kier alpha value is 0. The summed E-state index contributed by atoms with van der Waals surface area (Å²) in [7, 11) is 0. The average molecular weight is 150 g/mol. The third-order valence-corrected chi connectivity index (χ3v) is 4.97. The Morgan fingerprint density at radius 2 is 1.91 bits per heavy atom. The molecule has 0 saturated heterocycles. The summed E-state index contributed by atoms with van der Waals surface area (Å²) in [6.07, 6.45) is 6.29. The van der Waals surface area contributed by atoms with E-state index >= 15 is 0 Å². The van der Waals surface area contributed by atoms with E-state index < -0.39 is 0 Å². The van der Waals surface area contributed by atoms with Gasteiger partial charge in [0.2, 0.25) is 0 Å². The van der Waals surface area contributed by atoms with Crippen LogP contribution in [0.1, 0.15) is 39.5 Å². The highest BCUT2D eigenvalue weighted by Crippen LogP contribution is 2.74. The summed E-state index contributed by atoms with van der Waals surface area (Å²) in [5, 5.41) is 0. The van der Waals surface area contributed by atoms with Crippen molar-refractivity contribution in [3.05, 3.63) is 0 Å². The van der Waals surface area contributed by atoms with Crippen molar-refractivity contribution in [1.29, 1.82) is 0 Å². The topological polar surface area (TPSA) is 0 Å². The quantitative estimate of drug-likeness (QED) is 0.498. The van der Waals surface area contributed by atoms with Gasteiger partial charge in [-0.05, 0) is 54.8 Å². The summed E-state index contributed by atoms with van der Waals surface area (Å²) < 4.78 is 0. The van der Waals surface area contributed by atoms with Crippen molar-refractivity contribution in [2.24, 2.45) is 29.1 Å². The molecule has 0 nitrogen and oxygen atoms in total. The largest absolute Gasteiger partial charge is 0.0625 e. The molecule has 5 unspecified atom stereocenters. The summed E-state index contributed by atoms with van der Waals surface area (Å²) in [5.41, 5.74) is 0.891. The lowest BCUT2D eigenvalue weighted by atomic mass is 9.33. The van der Waals surface area contributed by atoms with Crippen LogP contribution < -0.4 is 0 Å². The number of hydrogen-bond donors (Lipinski definition) is 0. The van der Waals surface area contributed by atoms with Crippen LogP contribution in [0.2, 0.25) is 0 Å². The Labute approximate surface area is 69.4 Å². The standard InChI is InChI=1S/C11H18/c1-7-3-9-6-11(5-7)8(2)4-10(9)11/h7-10H,3-6H2,1-2H3. The molecule has 0 heteroatoms. The van der Waals surface area contributed by atoms with Gasteiger partial charge in [0.05, 0.1) is 0 Å². The molecule has 0 aromatic rings.